The Hall–Kier alpha value is -1.26. The number of aromatic hydroxyl groups is 1. The molecule has 0 saturated heterocycles. The van der Waals surface area contributed by atoms with Crippen molar-refractivity contribution < 1.29 is 14.9 Å². The SMILES string of the molecule is CCCCCCC(C)(C)c1cc(O)c2c(c1)OC(C)(C)[C@@H]1CCC(NCCO)C[C@@H]21. The quantitative estimate of drug-likeness (QED) is 0.455. The van der Waals surface area contributed by atoms with Crippen molar-refractivity contribution in [1.29, 1.82) is 0 Å². The first-order valence-corrected chi connectivity index (χ1v) is 12.1. The van der Waals surface area contributed by atoms with Crippen LogP contribution in [0.4, 0.5) is 0 Å². The van der Waals surface area contributed by atoms with Crippen LogP contribution in [0.15, 0.2) is 12.1 Å². The maximum absolute atomic E-state index is 11.1. The fourth-order valence-electron chi connectivity index (χ4n) is 5.73. The van der Waals surface area contributed by atoms with Crippen molar-refractivity contribution in [1.82, 2.24) is 5.32 Å². The van der Waals surface area contributed by atoms with Gasteiger partial charge < -0.3 is 20.3 Å². The highest BCUT2D eigenvalue weighted by molar-refractivity contribution is 5.53. The molecule has 2 aliphatic rings. The maximum atomic E-state index is 11.1. The Morgan fingerprint density at radius 2 is 1.93 bits per heavy atom. The van der Waals surface area contributed by atoms with E-state index in [0.717, 1.165) is 37.0 Å². The fourth-order valence-corrected chi connectivity index (χ4v) is 5.73. The van der Waals surface area contributed by atoms with Crippen LogP contribution in [0, 0.1) is 5.92 Å². The van der Waals surface area contributed by atoms with Gasteiger partial charge in [0.25, 0.3) is 0 Å². The van der Waals surface area contributed by atoms with Gasteiger partial charge in [-0.05, 0) is 68.6 Å². The van der Waals surface area contributed by atoms with E-state index in [0.29, 0.717) is 24.3 Å². The fraction of sp³-hybridized carbons (Fsp3) is 0.769. The Balaban J connectivity index is 1.87. The normalized spacial score (nSPS) is 25.3. The van der Waals surface area contributed by atoms with Crippen LogP contribution in [0.3, 0.4) is 0 Å². The van der Waals surface area contributed by atoms with Crippen molar-refractivity contribution >= 4 is 0 Å². The number of aliphatic hydroxyl groups excluding tert-OH is 1. The number of hydrogen-bond donors (Lipinski definition) is 3. The molecule has 0 aromatic heterocycles. The number of hydrogen-bond acceptors (Lipinski definition) is 4. The highest BCUT2D eigenvalue weighted by Gasteiger charge is 2.47. The molecule has 0 bridgehead atoms. The zero-order chi connectivity index (χ0) is 21.9. The van der Waals surface area contributed by atoms with Gasteiger partial charge in [-0.2, -0.15) is 0 Å². The highest BCUT2D eigenvalue weighted by atomic mass is 16.5. The molecule has 1 fully saturated rings. The average molecular weight is 418 g/mol. The monoisotopic (exact) mass is 417 g/mol. The van der Waals surface area contributed by atoms with Crippen LogP contribution in [0.5, 0.6) is 11.5 Å². The summed E-state index contributed by atoms with van der Waals surface area (Å²) in [6.45, 7) is 12.0. The molecule has 1 aliphatic heterocycles. The molecule has 0 spiro atoms. The Bertz CT molecular complexity index is 712. The zero-order valence-corrected chi connectivity index (χ0v) is 19.8. The highest BCUT2D eigenvalue weighted by Crippen LogP contribution is 2.55. The second kappa shape index (κ2) is 9.48. The van der Waals surface area contributed by atoms with Crippen LogP contribution >= 0.6 is 0 Å². The molecule has 1 aromatic rings. The molecule has 1 aliphatic carbocycles. The molecule has 3 N–H and O–H groups in total. The van der Waals surface area contributed by atoms with E-state index in [4.69, 9.17) is 4.74 Å². The van der Waals surface area contributed by atoms with Gasteiger partial charge in [-0.1, -0.05) is 46.5 Å². The minimum atomic E-state index is -0.240. The lowest BCUT2D eigenvalue weighted by atomic mass is 9.65. The summed E-state index contributed by atoms with van der Waals surface area (Å²) in [5.41, 5.74) is 1.95. The topological polar surface area (TPSA) is 61.7 Å². The molecule has 0 amide bonds. The Morgan fingerprint density at radius 3 is 2.63 bits per heavy atom. The summed E-state index contributed by atoms with van der Waals surface area (Å²) in [6, 6.07) is 4.59. The molecule has 0 radical (unpaired) electrons. The summed E-state index contributed by atoms with van der Waals surface area (Å²) in [5, 5.41) is 23.8. The molecule has 170 valence electrons. The van der Waals surface area contributed by atoms with Crippen molar-refractivity contribution in [3.63, 3.8) is 0 Å². The number of ether oxygens (including phenoxy) is 1. The van der Waals surface area contributed by atoms with Gasteiger partial charge >= 0.3 is 0 Å². The number of benzene rings is 1. The molecule has 4 nitrogen and oxygen atoms in total. The van der Waals surface area contributed by atoms with E-state index in [9.17, 15) is 10.2 Å². The lowest BCUT2D eigenvalue weighted by Crippen LogP contribution is -2.49. The summed E-state index contributed by atoms with van der Waals surface area (Å²) < 4.78 is 6.54. The van der Waals surface area contributed by atoms with E-state index in [1.807, 2.05) is 6.07 Å². The zero-order valence-electron chi connectivity index (χ0n) is 19.8. The maximum Gasteiger partial charge on any atom is 0.127 e. The van der Waals surface area contributed by atoms with Gasteiger partial charge in [0.05, 0.1) is 6.61 Å². The van der Waals surface area contributed by atoms with Gasteiger partial charge in [0.1, 0.15) is 17.1 Å². The van der Waals surface area contributed by atoms with E-state index in [2.05, 4.69) is 46.0 Å². The van der Waals surface area contributed by atoms with Gasteiger partial charge in [-0.25, -0.2) is 0 Å². The lowest BCUT2D eigenvalue weighted by Gasteiger charge is -2.49. The second-order valence-corrected chi connectivity index (χ2v) is 10.7. The third-order valence-electron chi connectivity index (χ3n) is 7.59. The largest absolute Gasteiger partial charge is 0.508 e. The van der Waals surface area contributed by atoms with Crippen molar-refractivity contribution in [3.05, 3.63) is 23.3 Å². The molecule has 1 saturated carbocycles. The van der Waals surface area contributed by atoms with Crippen molar-refractivity contribution in [2.45, 2.75) is 109 Å². The predicted molar refractivity (Wildman–Crippen MR) is 124 cm³/mol. The first kappa shape index (κ1) is 23.4. The Labute approximate surface area is 183 Å². The van der Waals surface area contributed by atoms with Crippen LogP contribution in [0.25, 0.3) is 0 Å². The summed E-state index contributed by atoms with van der Waals surface area (Å²) >= 11 is 0. The molecule has 30 heavy (non-hydrogen) atoms. The van der Waals surface area contributed by atoms with E-state index in [-0.39, 0.29) is 23.5 Å². The third-order valence-corrected chi connectivity index (χ3v) is 7.59. The van der Waals surface area contributed by atoms with Crippen LogP contribution in [-0.4, -0.2) is 35.0 Å². The summed E-state index contributed by atoms with van der Waals surface area (Å²) in [6.07, 6.45) is 9.29. The summed E-state index contributed by atoms with van der Waals surface area (Å²) in [4.78, 5) is 0. The molecule has 4 heteroatoms. The number of phenolic OH excluding ortho intramolecular Hbond substituents is 1. The van der Waals surface area contributed by atoms with E-state index >= 15 is 0 Å². The summed E-state index contributed by atoms with van der Waals surface area (Å²) in [5.74, 6) is 1.96. The predicted octanol–water partition coefficient (Wildman–Crippen LogP) is 5.65. The van der Waals surface area contributed by atoms with Crippen molar-refractivity contribution in [2.75, 3.05) is 13.2 Å². The average Bonchev–Trinajstić information content (AvgIpc) is 2.68. The second-order valence-electron chi connectivity index (χ2n) is 10.7. The number of rotatable bonds is 9. The van der Waals surface area contributed by atoms with Crippen LogP contribution in [0.2, 0.25) is 0 Å². The molecule has 3 atom stereocenters. The van der Waals surface area contributed by atoms with E-state index in [1.165, 1.54) is 31.2 Å². The first-order chi connectivity index (χ1) is 14.2. The van der Waals surface area contributed by atoms with E-state index < -0.39 is 0 Å². The number of aliphatic hydroxyl groups is 1. The minimum Gasteiger partial charge on any atom is -0.508 e. The minimum absolute atomic E-state index is 0.0163. The molecule has 3 rings (SSSR count). The van der Waals surface area contributed by atoms with Gasteiger partial charge in [-0.15, -0.1) is 0 Å². The number of fused-ring (bicyclic) bond motifs is 3. The van der Waals surface area contributed by atoms with Crippen molar-refractivity contribution in [2.24, 2.45) is 5.92 Å². The van der Waals surface area contributed by atoms with Gasteiger partial charge in [0.2, 0.25) is 0 Å². The molecular weight excluding hydrogens is 374 g/mol. The van der Waals surface area contributed by atoms with E-state index in [1.54, 1.807) is 0 Å². The number of phenols is 1. The van der Waals surface area contributed by atoms with Crippen LogP contribution in [-0.2, 0) is 5.41 Å². The summed E-state index contributed by atoms with van der Waals surface area (Å²) in [7, 11) is 0. The Kier molecular flexibility index (Phi) is 7.40. The van der Waals surface area contributed by atoms with Crippen LogP contribution < -0.4 is 10.1 Å². The van der Waals surface area contributed by atoms with Crippen molar-refractivity contribution in [3.8, 4) is 11.5 Å². The third kappa shape index (κ3) is 4.96. The number of nitrogens with one attached hydrogen (secondary N) is 1. The lowest BCUT2D eigenvalue weighted by molar-refractivity contribution is -0.0124. The standard InChI is InChI=1S/C26H43NO3/c1-6-7-8-9-12-25(2,3)18-15-22(29)24-20-17-19(27-13-14-28)10-11-21(20)26(4,5)30-23(24)16-18/h15-16,19-21,27-29H,6-14,17H2,1-5H3/t19?,20-,21-/m1/s1. The van der Waals surface area contributed by atoms with Gasteiger partial charge in [0.15, 0.2) is 0 Å². The van der Waals surface area contributed by atoms with Gasteiger partial charge in [-0.3, -0.25) is 0 Å². The molecular formula is C26H43NO3. The smallest absolute Gasteiger partial charge is 0.127 e. The van der Waals surface area contributed by atoms with Gasteiger partial charge in [0, 0.05) is 24.1 Å². The molecule has 1 aromatic carbocycles. The molecule has 1 unspecified atom stereocenters. The number of unbranched alkanes of at least 4 members (excludes halogenated alkanes) is 3. The van der Waals surface area contributed by atoms with Crippen LogP contribution in [0.1, 0.15) is 103 Å². The molecule has 1 heterocycles. The first-order valence-electron chi connectivity index (χ1n) is 12.1. The Morgan fingerprint density at radius 1 is 1.17 bits per heavy atom.